The van der Waals surface area contributed by atoms with Crippen molar-refractivity contribution in [1.82, 2.24) is 0 Å². The Hall–Kier alpha value is -2.80. The van der Waals surface area contributed by atoms with Gasteiger partial charge in [0.25, 0.3) is 0 Å². The third-order valence-electron chi connectivity index (χ3n) is 3.86. The van der Waals surface area contributed by atoms with Crippen LogP contribution in [0.15, 0.2) is 62.4 Å². The molecule has 1 heterocycles. The van der Waals surface area contributed by atoms with E-state index in [0.29, 0.717) is 29.1 Å². The number of benzene rings is 2. The van der Waals surface area contributed by atoms with Crippen LogP contribution in [0.5, 0.6) is 17.2 Å². The zero-order chi connectivity index (χ0) is 20.1. The molecule has 7 heteroatoms. The number of para-hydroxylation sites is 1. The van der Waals surface area contributed by atoms with Gasteiger partial charge in [0, 0.05) is 6.07 Å². The molecule has 0 saturated heterocycles. The highest BCUT2D eigenvalue weighted by Gasteiger charge is 2.17. The molecule has 3 rings (SSSR count). The van der Waals surface area contributed by atoms with Crippen molar-refractivity contribution in [2.24, 2.45) is 0 Å². The molecule has 0 aliphatic heterocycles. The molecule has 1 atom stereocenters. The molecule has 0 N–H and O–H groups in total. The van der Waals surface area contributed by atoms with Crippen LogP contribution in [0.1, 0.15) is 20.3 Å². The lowest BCUT2D eigenvalue weighted by Crippen LogP contribution is -2.26. The van der Waals surface area contributed by atoms with Crippen LogP contribution in [0.2, 0.25) is 0 Å². The predicted molar refractivity (Wildman–Crippen MR) is 108 cm³/mol. The van der Waals surface area contributed by atoms with Crippen molar-refractivity contribution in [3.05, 3.63) is 63.4 Å². The molecule has 6 nitrogen and oxygen atoms in total. The third-order valence-corrected chi connectivity index (χ3v) is 4.52. The van der Waals surface area contributed by atoms with E-state index < -0.39 is 12.1 Å². The van der Waals surface area contributed by atoms with E-state index in [2.05, 4.69) is 15.9 Å². The van der Waals surface area contributed by atoms with Gasteiger partial charge in [-0.1, -0.05) is 19.1 Å². The number of halogens is 1. The van der Waals surface area contributed by atoms with E-state index in [9.17, 15) is 9.59 Å². The molecule has 0 aliphatic rings. The molecule has 0 amide bonds. The average Bonchev–Trinajstić information content (AvgIpc) is 2.69. The van der Waals surface area contributed by atoms with Gasteiger partial charge in [0.05, 0.1) is 16.5 Å². The van der Waals surface area contributed by atoms with Gasteiger partial charge in [0.1, 0.15) is 23.3 Å². The first-order chi connectivity index (χ1) is 13.5. The summed E-state index contributed by atoms with van der Waals surface area (Å²) >= 11 is 3.38. The van der Waals surface area contributed by atoms with Crippen LogP contribution in [-0.2, 0) is 9.53 Å². The first-order valence-corrected chi connectivity index (χ1v) is 9.60. The molecule has 0 saturated carbocycles. The lowest BCUT2D eigenvalue weighted by Gasteiger charge is -2.14. The number of fused-ring (bicyclic) bond motifs is 1. The SMILES string of the molecule is CCCOC(=O)C(C)Oc1ccc2c(=O)c(Oc3ccccc3Br)coc2c1. The second-order valence-electron chi connectivity index (χ2n) is 6.05. The summed E-state index contributed by atoms with van der Waals surface area (Å²) < 4.78 is 22.6. The highest BCUT2D eigenvalue weighted by atomic mass is 79.9. The maximum atomic E-state index is 12.7. The first kappa shape index (κ1) is 19.9. The van der Waals surface area contributed by atoms with Gasteiger partial charge >= 0.3 is 5.97 Å². The number of hydrogen-bond donors (Lipinski definition) is 0. The largest absolute Gasteiger partial charge is 0.479 e. The van der Waals surface area contributed by atoms with Crippen molar-refractivity contribution < 1.29 is 23.4 Å². The van der Waals surface area contributed by atoms with Crippen molar-refractivity contribution in [3.8, 4) is 17.2 Å². The molecule has 0 spiro atoms. The van der Waals surface area contributed by atoms with Gasteiger partial charge in [-0.3, -0.25) is 4.79 Å². The summed E-state index contributed by atoms with van der Waals surface area (Å²) in [7, 11) is 0. The third kappa shape index (κ3) is 4.54. The molecule has 146 valence electrons. The second-order valence-corrected chi connectivity index (χ2v) is 6.90. The fourth-order valence-corrected chi connectivity index (χ4v) is 2.82. The molecule has 1 aromatic heterocycles. The number of esters is 1. The molecule has 2 aromatic carbocycles. The molecule has 0 radical (unpaired) electrons. The monoisotopic (exact) mass is 446 g/mol. The maximum absolute atomic E-state index is 12.7. The molecule has 0 fully saturated rings. The van der Waals surface area contributed by atoms with Crippen molar-refractivity contribution >= 4 is 32.9 Å². The van der Waals surface area contributed by atoms with Crippen molar-refractivity contribution in [3.63, 3.8) is 0 Å². The Morgan fingerprint density at radius 2 is 1.96 bits per heavy atom. The summed E-state index contributed by atoms with van der Waals surface area (Å²) in [5.41, 5.74) is 0.0232. The molecule has 1 unspecified atom stereocenters. The summed E-state index contributed by atoms with van der Waals surface area (Å²) in [6, 6.07) is 11.9. The Balaban J connectivity index is 1.81. The number of hydrogen-bond acceptors (Lipinski definition) is 6. The highest BCUT2D eigenvalue weighted by Crippen LogP contribution is 2.29. The summed E-state index contributed by atoms with van der Waals surface area (Å²) in [5.74, 6) is 0.537. The number of carbonyl (C=O) groups excluding carboxylic acids is 1. The van der Waals surface area contributed by atoms with Gasteiger partial charge < -0.3 is 18.6 Å². The van der Waals surface area contributed by atoms with E-state index in [1.165, 1.54) is 6.26 Å². The van der Waals surface area contributed by atoms with Crippen molar-refractivity contribution in [2.45, 2.75) is 26.4 Å². The van der Waals surface area contributed by atoms with Crippen LogP contribution in [0.4, 0.5) is 0 Å². The molecular formula is C21H19BrO6. The zero-order valence-corrected chi connectivity index (χ0v) is 17.0. The summed E-state index contributed by atoms with van der Waals surface area (Å²) in [5, 5.41) is 0.345. The van der Waals surface area contributed by atoms with Crippen LogP contribution in [0.25, 0.3) is 11.0 Å². The molecule has 0 bridgehead atoms. The van der Waals surface area contributed by atoms with E-state index in [4.69, 9.17) is 18.6 Å². The second kappa shape index (κ2) is 8.93. The minimum atomic E-state index is -0.770. The summed E-state index contributed by atoms with van der Waals surface area (Å²) in [6.45, 7) is 3.87. The maximum Gasteiger partial charge on any atom is 0.347 e. The Morgan fingerprint density at radius 1 is 1.18 bits per heavy atom. The van der Waals surface area contributed by atoms with Gasteiger partial charge in [-0.25, -0.2) is 4.79 Å². The van der Waals surface area contributed by atoms with Crippen LogP contribution in [0.3, 0.4) is 0 Å². The molecule has 28 heavy (non-hydrogen) atoms. The summed E-state index contributed by atoms with van der Waals surface area (Å²) in [6.07, 6.45) is 1.23. The van der Waals surface area contributed by atoms with Crippen LogP contribution < -0.4 is 14.9 Å². The van der Waals surface area contributed by atoms with Gasteiger partial charge in [-0.05, 0) is 53.5 Å². The highest BCUT2D eigenvalue weighted by molar-refractivity contribution is 9.10. The van der Waals surface area contributed by atoms with E-state index in [1.54, 1.807) is 37.3 Å². The Labute approximate surface area is 170 Å². The smallest absolute Gasteiger partial charge is 0.347 e. The minimum Gasteiger partial charge on any atom is -0.479 e. The predicted octanol–water partition coefficient (Wildman–Crippen LogP) is 5.07. The van der Waals surface area contributed by atoms with E-state index in [0.717, 1.165) is 10.9 Å². The van der Waals surface area contributed by atoms with Gasteiger partial charge in [-0.2, -0.15) is 0 Å². The van der Waals surface area contributed by atoms with Gasteiger partial charge in [-0.15, -0.1) is 0 Å². The standard InChI is InChI=1S/C21H19BrO6/c1-3-10-25-21(24)13(2)27-14-8-9-15-18(11-14)26-12-19(20(15)23)28-17-7-5-4-6-16(17)22/h4-9,11-13H,3,10H2,1-2H3. The van der Waals surface area contributed by atoms with Gasteiger partial charge in [0.2, 0.25) is 11.2 Å². The lowest BCUT2D eigenvalue weighted by molar-refractivity contribution is -0.151. The first-order valence-electron chi connectivity index (χ1n) is 8.81. The Morgan fingerprint density at radius 3 is 2.71 bits per heavy atom. The van der Waals surface area contributed by atoms with Crippen LogP contribution in [-0.4, -0.2) is 18.7 Å². The van der Waals surface area contributed by atoms with E-state index >= 15 is 0 Å². The molecule has 3 aromatic rings. The van der Waals surface area contributed by atoms with Crippen LogP contribution >= 0.6 is 15.9 Å². The molecule has 0 aliphatic carbocycles. The number of rotatable bonds is 7. The van der Waals surface area contributed by atoms with E-state index in [1.807, 2.05) is 19.1 Å². The fourth-order valence-electron chi connectivity index (χ4n) is 2.45. The summed E-state index contributed by atoms with van der Waals surface area (Å²) in [4.78, 5) is 24.5. The molecular weight excluding hydrogens is 428 g/mol. The van der Waals surface area contributed by atoms with Crippen molar-refractivity contribution in [1.29, 1.82) is 0 Å². The Bertz CT molecular complexity index is 1040. The fraction of sp³-hybridized carbons (Fsp3) is 0.238. The normalized spacial score (nSPS) is 11.8. The van der Waals surface area contributed by atoms with E-state index in [-0.39, 0.29) is 11.2 Å². The lowest BCUT2D eigenvalue weighted by atomic mass is 10.2. The van der Waals surface area contributed by atoms with Crippen LogP contribution in [0, 0.1) is 0 Å². The van der Waals surface area contributed by atoms with Crippen molar-refractivity contribution in [2.75, 3.05) is 6.61 Å². The zero-order valence-electron chi connectivity index (χ0n) is 15.4. The quantitative estimate of drug-likeness (QED) is 0.471. The number of ether oxygens (including phenoxy) is 3. The number of carbonyl (C=O) groups is 1. The van der Waals surface area contributed by atoms with Gasteiger partial charge in [0.15, 0.2) is 6.10 Å². The average molecular weight is 447 g/mol. The Kier molecular flexibility index (Phi) is 6.36. The minimum absolute atomic E-state index is 0.0737. The topological polar surface area (TPSA) is 75.0 Å².